The van der Waals surface area contributed by atoms with Crippen molar-refractivity contribution < 1.29 is 15.0 Å². The molecule has 3 heterocycles. The molecule has 0 spiro atoms. The Morgan fingerprint density at radius 3 is 2.88 bits per heavy atom. The van der Waals surface area contributed by atoms with Gasteiger partial charge in [0.05, 0.1) is 17.4 Å². The van der Waals surface area contributed by atoms with Crippen molar-refractivity contribution in [1.29, 1.82) is 0 Å². The van der Waals surface area contributed by atoms with Crippen molar-refractivity contribution in [3.8, 4) is 11.4 Å². The van der Waals surface area contributed by atoms with E-state index in [0.717, 1.165) is 5.56 Å². The number of nitrogens with zero attached hydrogens (tertiary/aromatic N) is 4. The van der Waals surface area contributed by atoms with E-state index in [1.54, 1.807) is 30.3 Å². The number of rotatable bonds is 3. The second-order valence-corrected chi connectivity index (χ2v) is 5.98. The molecule has 7 nitrogen and oxygen atoms in total. The lowest BCUT2D eigenvalue weighted by Crippen LogP contribution is -2.47. The predicted molar refractivity (Wildman–Crippen MR) is 87.1 cm³/mol. The molecule has 0 unspecified atom stereocenters. The first kappa shape index (κ1) is 16.5. The predicted octanol–water partition coefficient (Wildman–Crippen LogP) is 0.662. The van der Waals surface area contributed by atoms with Gasteiger partial charge in [-0.15, -0.1) is 0 Å². The van der Waals surface area contributed by atoms with Crippen LogP contribution in [0.25, 0.3) is 11.4 Å². The molecule has 1 aliphatic heterocycles. The van der Waals surface area contributed by atoms with E-state index in [0.29, 0.717) is 30.0 Å². The first-order chi connectivity index (χ1) is 11.6. The van der Waals surface area contributed by atoms with Gasteiger partial charge in [0.15, 0.2) is 5.82 Å². The number of carbonyl (C=O) groups excluding carboxylic acids is 1. The van der Waals surface area contributed by atoms with Gasteiger partial charge in [-0.2, -0.15) is 0 Å². The van der Waals surface area contributed by atoms with Gasteiger partial charge in [-0.3, -0.25) is 9.78 Å². The number of carbonyl (C=O) groups is 1. The molecule has 1 saturated heterocycles. The van der Waals surface area contributed by atoms with Crippen LogP contribution in [-0.2, 0) is 0 Å². The van der Waals surface area contributed by atoms with Crippen LogP contribution in [0.5, 0.6) is 0 Å². The average Bonchev–Trinajstić information content (AvgIpc) is 2.61. The summed E-state index contributed by atoms with van der Waals surface area (Å²) in [6.45, 7) is 2.43. The summed E-state index contributed by atoms with van der Waals surface area (Å²) in [5.41, 5.74) is 1.81. The zero-order chi connectivity index (χ0) is 17.1. The molecular formula is C17H20N4O3. The number of aromatic nitrogens is 3. The van der Waals surface area contributed by atoms with E-state index in [2.05, 4.69) is 15.0 Å². The summed E-state index contributed by atoms with van der Waals surface area (Å²) in [5, 5.41) is 19.2. The van der Waals surface area contributed by atoms with Crippen molar-refractivity contribution in [2.45, 2.75) is 19.4 Å². The minimum Gasteiger partial charge on any atom is -0.396 e. The van der Waals surface area contributed by atoms with Crippen LogP contribution in [0.4, 0.5) is 0 Å². The summed E-state index contributed by atoms with van der Waals surface area (Å²) in [5.74, 6) is 0.163. The third kappa shape index (κ3) is 3.27. The number of piperidine rings is 1. The molecule has 0 radical (unpaired) electrons. The van der Waals surface area contributed by atoms with Crippen LogP contribution in [-0.4, -0.2) is 61.8 Å². The summed E-state index contributed by atoms with van der Waals surface area (Å²) in [6, 6.07) is 3.67. The number of pyridine rings is 1. The number of likely N-dealkylation sites (tertiary alicyclic amines) is 1. The maximum atomic E-state index is 12.7. The highest BCUT2D eigenvalue weighted by Gasteiger charge is 2.30. The summed E-state index contributed by atoms with van der Waals surface area (Å²) < 4.78 is 0. The molecule has 1 amide bonds. The van der Waals surface area contributed by atoms with Gasteiger partial charge >= 0.3 is 0 Å². The number of hydrogen-bond acceptors (Lipinski definition) is 6. The van der Waals surface area contributed by atoms with Crippen LogP contribution in [0.15, 0.2) is 30.7 Å². The Morgan fingerprint density at radius 1 is 1.42 bits per heavy atom. The third-order valence-electron chi connectivity index (χ3n) is 4.37. The van der Waals surface area contributed by atoms with Gasteiger partial charge < -0.3 is 15.1 Å². The van der Waals surface area contributed by atoms with Crippen LogP contribution in [0.2, 0.25) is 0 Å². The minimum atomic E-state index is -0.705. The Morgan fingerprint density at radius 2 is 2.25 bits per heavy atom. The van der Waals surface area contributed by atoms with Gasteiger partial charge in [-0.05, 0) is 25.5 Å². The molecule has 3 rings (SSSR count). The molecule has 2 atom stereocenters. The lowest BCUT2D eigenvalue weighted by atomic mass is 9.94. The van der Waals surface area contributed by atoms with E-state index in [1.807, 2.05) is 6.07 Å². The molecule has 2 aromatic rings. The second kappa shape index (κ2) is 7.02. The van der Waals surface area contributed by atoms with E-state index < -0.39 is 6.10 Å². The van der Waals surface area contributed by atoms with Crippen LogP contribution in [0.1, 0.15) is 22.5 Å². The Labute approximate surface area is 140 Å². The molecule has 2 aromatic heterocycles. The first-order valence-electron chi connectivity index (χ1n) is 7.92. The van der Waals surface area contributed by atoms with E-state index in [9.17, 15) is 15.0 Å². The van der Waals surface area contributed by atoms with E-state index in [-0.39, 0.29) is 25.0 Å². The highest BCUT2D eigenvalue weighted by molar-refractivity contribution is 5.95. The normalized spacial score (nSPS) is 20.9. The maximum Gasteiger partial charge on any atom is 0.257 e. The first-order valence-corrected chi connectivity index (χ1v) is 7.92. The summed E-state index contributed by atoms with van der Waals surface area (Å²) in [7, 11) is 0. The van der Waals surface area contributed by atoms with Crippen LogP contribution >= 0.6 is 0 Å². The molecule has 0 bridgehead atoms. The van der Waals surface area contributed by atoms with Gasteiger partial charge in [0.25, 0.3) is 5.91 Å². The number of aryl methyl sites for hydroxylation is 1. The third-order valence-corrected chi connectivity index (χ3v) is 4.37. The fourth-order valence-electron chi connectivity index (χ4n) is 2.86. The zero-order valence-corrected chi connectivity index (χ0v) is 13.5. The molecule has 1 aliphatic rings. The molecule has 24 heavy (non-hydrogen) atoms. The highest BCUT2D eigenvalue weighted by Crippen LogP contribution is 2.21. The lowest BCUT2D eigenvalue weighted by Gasteiger charge is -2.35. The van der Waals surface area contributed by atoms with Crippen LogP contribution in [0.3, 0.4) is 0 Å². The van der Waals surface area contributed by atoms with Crippen molar-refractivity contribution in [3.63, 3.8) is 0 Å². The van der Waals surface area contributed by atoms with E-state index in [4.69, 9.17) is 0 Å². The van der Waals surface area contributed by atoms with Gasteiger partial charge in [0.1, 0.15) is 0 Å². The van der Waals surface area contributed by atoms with Crippen molar-refractivity contribution in [2.24, 2.45) is 5.92 Å². The lowest BCUT2D eigenvalue weighted by molar-refractivity contribution is 0.000808. The zero-order valence-electron chi connectivity index (χ0n) is 13.5. The van der Waals surface area contributed by atoms with Crippen molar-refractivity contribution >= 4 is 5.91 Å². The molecular weight excluding hydrogens is 308 g/mol. The second-order valence-electron chi connectivity index (χ2n) is 5.98. The Hall–Kier alpha value is -2.38. The largest absolute Gasteiger partial charge is 0.396 e. The minimum absolute atomic E-state index is 0.0643. The summed E-state index contributed by atoms with van der Waals surface area (Å²) in [6.07, 6.45) is 4.75. The highest BCUT2D eigenvalue weighted by atomic mass is 16.3. The van der Waals surface area contributed by atoms with Gasteiger partial charge in [0.2, 0.25) is 0 Å². The van der Waals surface area contributed by atoms with Crippen molar-refractivity contribution in [2.75, 3.05) is 19.7 Å². The van der Waals surface area contributed by atoms with E-state index >= 15 is 0 Å². The number of amides is 1. The van der Waals surface area contributed by atoms with Gasteiger partial charge in [0, 0.05) is 49.8 Å². The molecule has 0 aromatic carbocycles. The van der Waals surface area contributed by atoms with Gasteiger partial charge in [-0.1, -0.05) is 0 Å². The smallest absolute Gasteiger partial charge is 0.257 e. The Kier molecular flexibility index (Phi) is 4.82. The molecule has 0 saturated carbocycles. The molecule has 0 aliphatic carbocycles. The molecule has 2 N–H and O–H groups in total. The average molecular weight is 328 g/mol. The maximum absolute atomic E-state index is 12.7. The number of aliphatic hydroxyl groups excluding tert-OH is 2. The van der Waals surface area contributed by atoms with Gasteiger partial charge in [-0.25, -0.2) is 9.97 Å². The van der Waals surface area contributed by atoms with Crippen LogP contribution in [0, 0.1) is 12.8 Å². The fraction of sp³-hybridized carbons (Fsp3) is 0.412. The molecule has 126 valence electrons. The van der Waals surface area contributed by atoms with Crippen molar-refractivity contribution in [3.05, 3.63) is 42.0 Å². The molecule has 7 heteroatoms. The van der Waals surface area contributed by atoms with Crippen molar-refractivity contribution in [1.82, 2.24) is 19.9 Å². The number of β-amino-alcohol motifs (C(OH)–C–C–N with tert-alkyl or cyclic N) is 1. The topological polar surface area (TPSA) is 99.4 Å². The quantitative estimate of drug-likeness (QED) is 0.859. The Balaban J connectivity index is 1.79. The monoisotopic (exact) mass is 328 g/mol. The van der Waals surface area contributed by atoms with E-state index in [1.165, 1.54) is 6.20 Å². The summed E-state index contributed by atoms with van der Waals surface area (Å²) in [4.78, 5) is 27.0. The number of hydrogen-bond donors (Lipinski definition) is 2. The standard InChI is InChI=1S/C17H20N4O3/c1-11-14(8-19-16(20-11)12-3-2-5-18-7-12)17(24)21-6-4-13(10-22)15(23)9-21/h2-3,5,7-8,13,15,22-23H,4,6,9-10H2,1H3/t13-,15-/m1/s1. The fourth-order valence-corrected chi connectivity index (χ4v) is 2.86. The SMILES string of the molecule is Cc1nc(-c2cccnc2)ncc1C(=O)N1CC[C@H](CO)[C@H](O)C1. The van der Waals surface area contributed by atoms with Crippen LogP contribution < -0.4 is 0 Å². The Bertz CT molecular complexity index is 723. The summed E-state index contributed by atoms with van der Waals surface area (Å²) >= 11 is 0. The molecule has 1 fully saturated rings. The number of aliphatic hydroxyl groups is 2.